The second-order valence-electron chi connectivity index (χ2n) is 16.6. The molecular formula is C41H51NO15. The van der Waals surface area contributed by atoms with Crippen LogP contribution in [-0.2, 0) is 47.6 Å². The molecule has 310 valence electrons. The number of amides is 1. The van der Waals surface area contributed by atoms with E-state index >= 15 is 4.79 Å². The third-order valence-corrected chi connectivity index (χ3v) is 12.8. The average molecular weight is 798 g/mol. The molecule has 1 aliphatic heterocycles. The lowest BCUT2D eigenvalue weighted by atomic mass is 9.45. The van der Waals surface area contributed by atoms with Crippen molar-refractivity contribution in [2.75, 3.05) is 13.2 Å². The van der Waals surface area contributed by atoms with Gasteiger partial charge in [-0.05, 0) is 43.4 Å². The Morgan fingerprint density at radius 3 is 2.28 bits per heavy atom. The van der Waals surface area contributed by atoms with Crippen LogP contribution in [0.25, 0.3) is 0 Å². The highest BCUT2D eigenvalue weighted by Gasteiger charge is 2.78. The lowest BCUT2D eigenvalue weighted by Gasteiger charge is -2.67. The molecule has 16 nitrogen and oxygen atoms in total. The van der Waals surface area contributed by atoms with Crippen molar-refractivity contribution in [3.8, 4) is 0 Å². The molecule has 1 amide bonds. The summed E-state index contributed by atoms with van der Waals surface area (Å²) in [5.74, 6) is -8.06. The average Bonchev–Trinajstić information content (AvgIpc) is 3.99. The summed E-state index contributed by atoms with van der Waals surface area (Å²) in [6.07, 6.45) is -6.71. The van der Waals surface area contributed by atoms with Crippen molar-refractivity contribution in [2.24, 2.45) is 28.6 Å². The van der Waals surface area contributed by atoms with Crippen molar-refractivity contribution in [3.63, 3.8) is 0 Å². The third kappa shape index (κ3) is 7.04. The SMILES string of the molecule is C=CCOC(=O)N[C@@H](C1CC1)[C@@H](O)C(=O)O[C@H]1C[C@@]2(O)[C@@H](OC(=O)c3ccccc3)[C@@H]3[C@]4(OC(C)=O)CO[C@@H]4C[C@H](O)[C@@]3(C)C(=O)C(OC(C)=O)=C(C1C)C2(C)C. The van der Waals surface area contributed by atoms with E-state index in [-0.39, 0.29) is 36.7 Å². The van der Waals surface area contributed by atoms with Gasteiger partial charge in [-0.1, -0.05) is 51.6 Å². The molecule has 5 aliphatic rings. The van der Waals surface area contributed by atoms with Crippen molar-refractivity contribution in [1.82, 2.24) is 5.32 Å². The fourth-order valence-electron chi connectivity index (χ4n) is 9.61. The molecule has 11 atom stereocenters. The first-order valence-corrected chi connectivity index (χ1v) is 19.1. The van der Waals surface area contributed by atoms with Gasteiger partial charge in [0.2, 0.25) is 5.78 Å². The summed E-state index contributed by atoms with van der Waals surface area (Å²) < 4.78 is 34.9. The van der Waals surface area contributed by atoms with Gasteiger partial charge in [0, 0.05) is 38.0 Å². The van der Waals surface area contributed by atoms with Gasteiger partial charge >= 0.3 is 30.0 Å². The van der Waals surface area contributed by atoms with Crippen LogP contribution in [0.2, 0.25) is 0 Å². The molecule has 1 aromatic carbocycles. The topological polar surface area (TPSA) is 231 Å². The Hall–Kier alpha value is -4.64. The number of benzene rings is 1. The predicted octanol–water partition coefficient (Wildman–Crippen LogP) is 2.46. The number of nitrogens with one attached hydrogen (secondary N) is 1. The lowest BCUT2D eigenvalue weighted by Crippen LogP contribution is -2.81. The largest absolute Gasteiger partial charge is 0.460 e. The standard InChI is InChI=1S/C41H51NO15/c1-8-16-52-37(50)42-29(23-14-15-23)30(46)36(49)55-25-18-41(51)34(56-35(48)24-12-10-9-11-13-24)32-39(7,26(45)17-27-40(32,19-53-27)57-22(4)44)33(47)31(54-21(3)43)28(20(25)2)38(41,5)6/h8-13,20,23,25-27,29-30,32,34,45-46,51H,1,14-19H2,2-7H3,(H,42,50)/t20?,25-,26-,27+,29-,30+,32-,34-,39+,40-,41+/m0/s1. The van der Waals surface area contributed by atoms with Crippen LogP contribution in [0, 0.1) is 28.6 Å². The first kappa shape index (κ1) is 42.0. The minimum atomic E-state index is -2.36. The summed E-state index contributed by atoms with van der Waals surface area (Å²) in [5.41, 5.74) is -7.73. The predicted molar refractivity (Wildman–Crippen MR) is 195 cm³/mol. The monoisotopic (exact) mass is 797 g/mol. The van der Waals surface area contributed by atoms with Crippen LogP contribution < -0.4 is 5.32 Å². The van der Waals surface area contributed by atoms with E-state index in [2.05, 4.69) is 11.9 Å². The van der Waals surface area contributed by atoms with E-state index in [0.29, 0.717) is 12.8 Å². The van der Waals surface area contributed by atoms with Gasteiger partial charge in [0.1, 0.15) is 30.5 Å². The number of carbonyl (C=O) groups is 6. The van der Waals surface area contributed by atoms with Crippen molar-refractivity contribution < 1.29 is 72.5 Å². The van der Waals surface area contributed by atoms with E-state index in [4.69, 9.17) is 28.4 Å². The number of hydrogen-bond acceptors (Lipinski definition) is 15. The van der Waals surface area contributed by atoms with Crippen LogP contribution in [0.3, 0.4) is 0 Å². The molecule has 1 unspecified atom stereocenters. The van der Waals surface area contributed by atoms with Crippen LogP contribution in [-0.4, -0.2) is 112 Å². The number of ether oxygens (including phenoxy) is 6. The van der Waals surface area contributed by atoms with Gasteiger partial charge in [-0.25, -0.2) is 14.4 Å². The summed E-state index contributed by atoms with van der Waals surface area (Å²) >= 11 is 0. The molecule has 2 bridgehead atoms. The zero-order valence-corrected chi connectivity index (χ0v) is 32.9. The second-order valence-corrected chi connectivity index (χ2v) is 16.6. The Balaban J connectivity index is 1.53. The Labute approximate surface area is 329 Å². The number of fused-ring (bicyclic) bond motifs is 5. The molecule has 1 saturated heterocycles. The number of esters is 4. The summed E-state index contributed by atoms with van der Waals surface area (Å²) in [5, 5.41) is 39.4. The molecule has 4 fully saturated rings. The van der Waals surface area contributed by atoms with Gasteiger partial charge in [0.05, 0.1) is 35.6 Å². The number of Topliss-reactive ketones (excluding diaryl/α,β-unsaturated/α-hetero) is 1. The van der Waals surface area contributed by atoms with Crippen molar-refractivity contribution in [2.45, 2.75) is 115 Å². The van der Waals surface area contributed by atoms with Crippen LogP contribution >= 0.6 is 0 Å². The summed E-state index contributed by atoms with van der Waals surface area (Å²) in [4.78, 5) is 81.6. The normalized spacial score (nSPS) is 34.9. The van der Waals surface area contributed by atoms with Crippen molar-refractivity contribution in [1.29, 1.82) is 0 Å². The van der Waals surface area contributed by atoms with Gasteiger partial charge < -0.3 is 49.1 Å². The van der Waals surface area contributed by atoms with Crippen LogP contribution in [0.5, 0.6) is 0 Å². The molecule has 6 rings (SSSR count). The van der Waals surface area contributed by atoms with Gasteiger partial charge in [0.25, 0.3) is 0 Å². The van der Waals surface area contributed by atoms with Crippen LogP contribution in [0.1, 0.15) is 77.6 Å². The third-order valence-electron chi connectivity index (χ3n) is 12.8. The highest BCUT2D eigenvalue weighted by Crippen LogP contribution is 2.65. The number of rotatable bonds is 11. The minimum Gasteiger partial charge on any atom is -0.460 e. The quantitative estimate of drug-likeness (QED) is 0.143. The second kappa shape index (κ2) is 15.3. The smallest absolute Gasteiger partial charge is 0.407 e. The van der Waals surface area contributed by atoms with E-state index in [0.717, 1.165) is 13.8 Å². The van der Waals surface area contributed by atoms with Gasteiger partial charge in [0.15, 0.2) is 17.5 Å². The molecule has 1 heterocycles. The van der Waals surface area contributed by atoms with E-state index in [1.807, 2.05) is 0 Å². The van der Waals surface area contributed by atoms with E-state index < -0.39 is 118 Å². The Bertz CT molecular complexity index is 1860. The van der Waals surface area contributed by atoms with E-state index in [9.17, 15) is 39.3 Å². The number of aliphatic hydroxyl groups excluding tert-OH is 2. The first-order valence-electron chi connectivity index (χ1n) is 19.1. The van der Waals surface area contributed by atoms with E-state index in [1.165, 1.54) is 25.1 Å². The number of carbonyl (C=O) groups excluding carboxylic acids is 6. The van der Waals surface area contributed by atoms with Gasteiger partial charge in [-0.2, -0.15) is 0 Å². The molecule has 4 aliphatic carbocycles. The number of allylic oxidation sites excluding steroid dienone is 1. The summed E-state index contributed by atoms with van der Waals surface area (Å²) in [6.45, 7) is 11.4. The molecule has 1 aromatic rings. The summed E-state index contributed by atoms with van der Waals surface area (Å²) in [6, 6.07) is 6.74. The van der Waals surface area contributed by atoms with Gasteiger partial charge in [-0.15, -0.1) is 0 Å². The van der Waals surface area contributed by atoms with Gasteiger partial charge in [-0.3, -0.25) is 14.4 Å². The van der Waals surface area contributed by atoms with Crippen LogP contribution in [0.4, 0.5) is 4.79 Å². The Morgan fingerprint density at radius 1 is 1.05 bits per heavy atom. The molecule has 0 aromatic heterocycles. The molecule has 0 radical (unpaired) electrons. The molecule has 3 saturated carbocycles. The first-order chi connectivity index (χ1) is 26.7. The number of alkyl carbamates (subject to hydrolysis) is 1. The highest BCUT2D eigenvalue weighted by atomic mass is 16.6. The number of ketones is 1. The molecule has 0 spiro atoms. The van der Waals surface area contributed by atoms with Crippen molar-refractivity contribution in [3.05, 3.63) is 59.9 Å². The fourth-order valence-corrected chi connectivity index (χ4v) is 9.61. The zero-order chi connectivity index (χ0) is 41.8. The zero-order valence-electron chi connectivity index (χ0n) is 32.9. The van der Waals surface area contributed by atoms with Crippen LogP contribution in [0.15, 0.2) is 54.3 Å². The Kier molecular flexibility index (Phi) is 11.2. The molecule has 57 heavy (non-hydrogen) atoms. The number of hydrogen-bond donors (Lipinski definition) is 4. The van der Waals surface area contributed by atoms with Crippen molar-refractivity contribution >= 4 is 35.8 Å². The Morgan fingerprint density at radius 2 is 1.72 bits per heavy atom. The molecule has 4 N–H and O–H groups in total. The highest BCUT2D eigenvalue weighted by molar-refractivity contribution is 6.02. The lowest BCUT2D eigenvalue weighted by molar-refractivity contribution is -0.345. The summed E-state index contributed by atoms with van der Waals surface area (Å²) in [7, 11) is 0. The maximum absolute atomic E-state index is 15.3. The molecular weight excluding hydrogens is 746 g/mol. The minimum absolute atomic E-state index is 0.00904. The van der Waals surface area contributed by atoms with E-state index in [1.54, 1.807) is 39.0 Å². The molecule has 16 heteroatoms. The maximum atomic E-state index is 15.3. The fraction of sp³-hybridized carbons (Fsp3) is 0.610. The number of aliphatic hydroxyl groups is 3. The maximum Gasteiger partial charge on any atom is 0.407 e.